The van der Waals surface area contributed by atoms with Crippen molar-refractivity contribution in [3.8, 4) is 17.2 Å². The Hall–Kier alpha value is -4.27. The first-order valence-corrected chi connectivity index (χ1v) is 11.2. The number of hydrogen-bond acceptors (Lipinski definition) is 7. The molecule has 0 aliphatic carbocycles. The molecule has 0 radical (unpaired) electrons. The first-order valence-electron chi connectivity index (χ1n) is 11.2. The molecule has 0 unspecified atom stereocenters. The van der Waals surface area contributed by atoms with Gasteiger partial charge in [0.25, 0.3) is 5.91 Å². The van der Waals surface area contributed by atoms with Crippen molar-refractivity contribution in [3.05, 3.63) is 65.1 Å². The van der Waals surface area contributed by atoms with Gasteiger partial charge < -0.3 is 29.0 Å². The van der Waals surface area contributed by atoms with Gasteiger partial charge in [0.05, 0.1) is 31.6 Å². The molecule has 2 heterocycles. The predicted molar refractivity (Wildman–Crippen MR) is 131 cm³/mol. The van der Waals surface area contributed by atoms with E-state index < -0.39 is 0 Å². The number of ether oxygens (including phenoxy) is 3. The summed E-state index contributed by atoms with van der Waals surface area (Å²) in [6.45, 7) is 6.31. The Labute approximate surface area is 203 Å². The Morgan fingerprint density at radius 3 is 2.74 bits per heavy atom. The summed E-state index contributed by atoms with van der Waals surface area (Å²) in [6, 6.07) is 10.6. The van der Waals surface area contributed by atoms with Gasteiger partial charge in [0, 0.05) is 17.3 Å². The van der Waals surface area contributed by atoms with Crippen molar-refractivity contribution in [2.75, 3.05) is 30.5 Å². The zero-order valence-electron chi connectivity index (χ0n) is 20.1. The summed E-state index contributed by atoms with van der Waals surface area (Å²) in [5.74, 6) is 1.94. The number of benzene rings is 2. The van der Waals surface area contributed by atoms with Crippen molar-refractivity contribution < 1.29 is 28.3 Å². The Bertz CT molecular complexity index is 1260. The lowest BCUT2D eigenvalue weighted by atomic mass is 10.1. The lowest BCUT2D eigenvalue weighted by Gasteiger charge is -2.29. The SMILES string of the molecule is CCOc1ccc(/C=C/C(=O)Nc2ccc3c(c2)N(Cc2c(C)noc2C)C(=O)CO3)cc1OC. The molecule has 3 aromatic rings. The van der Waals surface area contributed by atoms with Gasteiger partial charge in [0.2, 0.25) is 5.91 Å². The van der Waals surface area contributed by atoms with Crippen LogP contribution in [0, 0.1) is 13.8 Å². The highest BCUT2D eigenvalue weighted by Crippen LogP contribution is 2.36. The van der Waals surface area contributed by atoms with E-state index in [-0.39, 0.29) is 18.4 Å². The number of rotatable bonds is 8. The number of nitrogens with zero attached hydrogens (tertiary/aromatic N) is 2. The van der Waals surface area contributed by atoms with E-state index in [4.69, 9.17) is 18.7 Å². The predicted octanol–water partition coefficient (Wildman–Crippen LogP) is 4.28. The number of fused-ring (bicyclic) bond motifs is 1. The second kappa shape index (κ2) is 10.3. The van der Waals surface area contributed by atoms with Gasteiger partial charge in [-0.3, -0.25) is 9.59 Å². The molecular weight excluding hydrogens is 450 g/mol. The molecule has 0 saturated heterocycles. The van der Waals surface area contributed by atoms with Gasteiger partial charge in [-0.15, -0.1) is 0 Å². The van der Waals surface area contributed by atoms with E-state index in [1.54, 1.807) is 48.4 Å². The molecule has 0 atom stereocenters. The molecule has 2 aromatic carbocycles. The molecule has 9 nitrogen and oxygen atoms in total. The van der Waals surface area contributed by atoms with E-state index in [0.717, 1.165) is 16.8 Å². The number of hydrogen-bond donors (Lipinski definition) is 1. The summed E-state index contributed by atoms with van der Waals surface area (Å²) in [7, 11) is 1.57. The summed E-state index contributed by atoms with van der Waals surface area (Å²) < 4.78 is 21.7. The van der Waals surface area contributed by atoms with Crippen molar-refractivity contribution >= 4 is 29.3 Å². The molecule has 0 bridgehead atoms. The summed E-state index contributed by atoms with van der Waals surface area (Å²) >= 11 is 0. The molecule has 0 saturated carbocycles. The van der Waals surface area contributed by atoms with Crippen molar-refractivity contribution in [1.82, 2.24) is 5.16 Å². The maximum absolute atomic E-state index is 12.6. The largest absolute Gasteiger partial charge is 0.493 e. The molecule has 182 valence electrons. The van der Waals surface area contributed by atoms with Gasteiger partial charge in [-0.25, -0.2) is 0 Å². The molecule has 35 heavy (non-hydrogen) atoms. The standard InChI is InChI=1S/C26H27N3O6/c1-5-33-23-9-6-18(12-24(23)32-4)7-11-25(30)27-19-8-10-22-21(13-19)29(26(31)15-34-22)14-20-16(2)28-35-17(20)3/h6-13H,5,14-15H2,1-4H3,(H,27,30)/b11-7+. The minimum Gasteiger partial charge on any atom is -0.493 e. The third-order valence-corrected chi connectivity index (χ3v) is 5.58. The number of methoxy groups -OCH3 is 1. The molecule has 1 aliphatic heterocycles. The topological polar surface area (TPSA) is 103 Å². The number of amides is 2. The van der Waals surface area contributed by atoms with E-state index in [0.29, 0.717) is 47.5 Å². The Morgan fingerprint density at radius 1 is 1.20 bits per heavy atom. The Morgan fingerprint density at radius 2 is 2.03 bits per heavy atom. The smallest absolute Gasteiger partial charge is 0.265 e. The van der Waals surface area contributed by atoms with Crippen LogP contribution in [0.1, 0.15) is 29.5 Å². The van der Waals surface area contributed by atoms with Crippen LogP contribution in [0.2, 0.25) is 0 Å². The van der Waals surface area contributed by atoms with Crippen molar-refractivity contribution in [2.24, 2.45) is 0 Å². The van der Waals surface area contributed by atoms with Gasteiger partial charge in [-0.05, 0) is 62.7 Å². The van der Waals surface area contributed by atoms with E-state index in [1.807, 2.05) is 26.8 Å². The highest BCUT2D eigenvalue weighted by Gasteiger charge is 2.28. The van der Waals surface area contributed by atoms with Crippen LogP contribution in [0.15, 0.2) is 47.0 Å². The van der Waals surface area contributed by atoms with Gasteiger partial charge in [0.15, 0.2) is 18.1 Å². The fourth-order valence-corrected chi connectivity index (χ4v) is 3.76. The third kappa shape index (κ3) is 5.29. The van der Waals surface area contributed by atoms with Crippen LogP contribution in [0.4, 0.5) is 11.4 Å². The summed E-state index contributed by atoms with van der Waals surface area (Å²) in [5, 5.41) is 6.80. The lowest BCUT2D eigenvalue weighted by molar-refractivity contribution is -0.121. The molecule has 1 N–H and O–H groups in total. The molecule has 1 aliphatic rings. The first kappa shape index (κ1) is 23.9. The Balaban J connectivity index is 1.50. The van der Waals surface area contributed by atoms with E-state index in [2.05, 4.69) is 10.5 Å². The Kier molecular flexibility index (Phi) is 7.05. The fourth-order valence-electron chi connectivity index (χ4n) is 3.76. The van der Waals surface area contributed by atoms with E-state index in [1.165, 1.54) is 6.08 Å². The monoisotopic (exact) mass is 477 g/mol. The van der Waals surface area contributed by atoms with Crippen LogP contribution >= 0.6 is 0 Å². The van der Waals surface area contributed by atoms with Crippen LogP contribution in [0.5, 0.6) is 17.2 Å². The molecule has 0 spiro atoms. The highest BCUT2D eigenvalue weighted by molar-refractivity contribution is 6.03. The number of nitrogens with one attached hydrogen (secondary N) is 1. The van der Waals surface area contributed by atoms with Gasteiger partial charge in [-0.2, -0.15) is 0 Å². The third-order valence-electron chi connectivity index (χ3n) is 5.58. The minimum absolute atomic E-state index is 0.0592. The quantitative estimate of drug-likeness (QED) is 0.483. The number of carbonyl (C=O) groups excluding carboxylic acids is 2. The number of aromatic nitrogens is 1. The van der Waals surface area contributed by atoms with Crippen LogP contribution in [0.25, 0.3) is 6.08 Å². The summed E-state index contributed by atoms with van der Waals surface area (Å²) in [6.07, 6.45) is 3.11. The zero-order chi connectivity index (χ0) is 24.9. The van der Waals surface area contributed by atoms with Crippen molar-refractivity contribution in [1.29, 1.82) is 0 Å². The average Bonchev–Trinajstić information content (AvgIpc) is 3.17. The van der Waals surface area contributed by atoms with Gasteiger partial charge in [0.1, 0.15) is 11.5 Å². The fraction of sp³-hybridized carbons (Fsp3) is 0.269. The summed E-state index contributed by atoms with van der Waals surface area (Å²) in [5.41, 5.74) is 3.46. The van der Waals surface area contributed by atoms with Crippen molar-refractivity contribution in [3.63, 3.8) is 0 Å². The van der Waals surface area contributed by atoms with E-state index in [9.17, 15) is 9.59 Å². The normalized spacial score (nSPS) is 12.9. The average molecular weight is 478 g/mol. The number of anilines is 2. The van der Waals surface area contributed by atoms with Crippen LogP contribution in [0.3, 0.4) is 0 Å². The van der Waals surface area contributed by atoms with Crippen LogP contribution < -0.4 is 24.4 Å². The van der Waals surface area contributed by atoms with Crippen LogP contribution in [-0.4, -0.2) is 37.3 Å². The maximum Gasteiger partial charge on any atom is 0.265 e. The van der Waals surface area contributed by atoms with Gasteiger partial charge >= 0.3 is 0 Å². The molecule has 2 amide bonds. The molecular formula is C26H27N3O6. The molecule has 0 fully saturated rings. The first-order chi connectivity index (χ1) is 16.9. The molecule has 9 heteroatoms. The number of aryl methyl sites for hydroxylation is 2. The van der Waals surface area contributed by atoms with Crippen LogP contribution in [-0.2, 0) is 16.1 Å². The summed E-state index contributed by atoms with van der Waals surface area (Å²) in [4.78, 5) is 26.8. The number of carbonyl (C=O) groups is 2. The highest BCUT2D eigenvalue weighted by atomic mass is 16.5. The van der Waals surface area contributed by atoms with Crippen molar-refractivity contribution in [2.45, 2.75) is 27.3 Å². The molecule has 1 aromatic heterocycles. The lowest BCUT2D eigenvalue weighted by Crippen LogP contribution is -2.38. The van der Waals surface area contributed by atoms with Gasteiger partial charge in [-0.1, -0.05) is 11.2 Å². The second-order valence-electron chi connectivity index (χ2n) is 7.92. The van der Waals surface area contributed by atoms with E-state index >= 15 is 0 Å². The molecule has 4 rings (SSSR count). The second-order valence-corrected chi connectivity index (χ2v) is 7.92. The zero-order valence-corrected chi connectivity index (χ0v) is 20.1. The maximum atomic E-state index is 12.6. The minimum atomic E-state index is -0.321.